The minimum Gasteiger partial charge on any atom is -0.368 e. The summed E-state index contributed by atoms with van der Waals surface area (Å²) in [5.74, 6) is -2.92. The van der Waals surface area contributed by atoms with Gasteiger partial charge in [-0.15, -0.1) is 0 Å². The third kappa shape index (κ3) is 3.38. The number of hydrogen-bond donors (Lipinski definition) is 3. The predicted molar refractivity (Wildman–Crippen MR) is 120 cm³/mol. The molecule has 170 valence electrons. The number of fused-ring (bicyclic) bond motifs is 2. The SMILES string of the molecule is CC(C)(CF)CC1NC(C(N)=O)C(c2cccc(Cl)c2F)C12C(=O)Nc1cc(Cl)ccc12. The van der Waals surface area contributed by atoms with Crippen molar-refractivity contribution in [2.24, 2.45) is 11.1 Å². The van der Waals surface area contributed by atoms with E-state index in [9.17, 15) is 14.0 Å². The molecular formula is C23H23Cl2F2N3O2. The van der Waals surface area contributed by atoms with Gasteiger partial charge in [0.05, 0.1) is 17.7 Å². The zero-order chi connectivity index (χ0) is 23.4. The number of carbonyl (C=O) groups excluding carboxylic acids is 2. The predicted octanol–water partition coefficient (Wildman–Crippen LogP) is 4.32. The van der Waals surface area contributed by atoms with Crippen molar-refractivity contribution in [3.8, 4) is 0 Å². The average Bonchev–Trinajstić information content (AvgIpc) is 3.20. The lowest BCUT2D eigenvalue weighted by molar-refractivity contribution is -0.122. The number of carbonyl (C=O) groups is 2. The van der Waals surface area contributed by atoms with Crippen LogP contribution in [0, 0.1) is 11.2 Å². The van der Waals surface area contributed by atoms with E-state index in [1.165, 1.54) is 12.1 Å². The van der Waals surface area contributed by atoms with E-state index in [4.69, 9.17) is 28.9 Å². The van der Waals surface area contributed by atoms with Gasteiger partial charge in [0.15, 0.2) is 0 Å². The minimum atomic E-state index is -1.43. The zero-order valence-electron chi connectivity index (χ0n) is 17.5. The Morgan fingerprint density at radius 1 is 1.25 bits per heavy atom. The summed E-state index contributed by atoms with van der Waals surface area (Å²) in [6, 6.07) is 7.56. The van der Waals surface area contributed by atoms with Crippen LogP contribution in [0.4, 0.5) is 14.5 Å². The van der Waals surface area contributed by atoms with Gasteiger partial charge in [-0.3, -0.25) is 14.0 Å². The van der Waals surface area contributed by atoms with Crippen LogP contribution in [0.1, 0.15) is 37.3 Å². The molecule has 1 fully saturated rings. The lowest BCUT2D eigenvalue weighted by Gasteiger charge is -2.38. The molecule has 1 saturated heterocycles. The highest BCUT2D eigenvalue weighted by Crippen LogP contribution is 2.57. The van der Waals surface area contributed by atoms with Gasteiger partial charge in [0.1, 0.15) is 11.2 Å². The van der Waals surface area contributed by atoms with Crippen LogP contribution in [0.15, 0.2) is 36.4 Å². The Bertz CT molecular complexity index is 1110. The number of amides is 2. The van der Waals surface area contributed by atoms with Gasteiger partial charge in [0.2, 0.25) is 11.8 Å². The molecule has 1 spiro atoms. The molecule has 4 atom stereocenters. The van der Waals surface area contributed by atoms with E-state index < -0.39 is 53.1 Å². The number of halogens is 4. The van der Waals surface area contributed by atoms with Crippen molar-refractivity contribution >= 4 is 40.7 Å². The van der Waals surface area contributed by atoms with Crippen LogP contribution in [0.5, 0.6) is 0 Å². The Balaban J connectivity index is 2.03. The number of nitrogens with one attached hydrogen (secondary N) is 2. The molecule has 32 heavy (non-hydrogen) atoms. The number of benzene rings is 2. The first-order valence-corrected chi connectivity index (χ1v) is 10.9. The summed E-state index contributed by atoms with van der Waals surface area (Å²) in [4.78, 5) is 26.3. The molecule has 2 aliphatic heterocycles. The molecule has 0 saturated carbocycles. The van der Waals surface area contributed by atoms with Crippen molar-refractivity contribution in [2.75, 3.05) is 12.0 Å². The molecule has 5 nitrogen and oxygen atoms in total. The fourth-order valence-corrected chi connectivity index (χ4v) is 5.52. The third-order valence-corrected chi connectivity index (χ3v) is 7.07. The molecule has 4 rings (SSSR count). The van der Waals surface area contributed by atoms with E-state index in [-0.39, 0.29) is 17.0 Å². The second-order valence-corrected chi connectivity index (χ2v) is 10.1. The highest BCUT2D eigenvalue weighted by molar-refractivity contribution is 6.31. The van der Waals surface area contributed by atoms with Gasteiger partial charge >= 0.3 is 0 Å². The summed E-state index contributed by atoms with van der Waals surface area (Å²) in [7, 11) is 0. The van der Waals surface area contributed by atoms with Crippen molar-refractivity contribution in [1.29, 1.82) is 0 Å². The monoisotopic (exact) mass is 481 g/mol. The minimum absolute atomic E-state index is 0.0901. The third-order valence-electron chi connectivity index (χ3n) is 6.55. The van der Waals surface area contributed by atoms with Gasteiger partial charge in [-0.25, -0.2) is 4.39 Å². The largest absolute Gasteiger partial charge is 0.368 e. The number of alkyl halides is 1. The highest BCUT2D eigenvalue weighted by Gasteiger charge is 2.66. The first kappa shape index (κ1) is 23.0. The standard InChI is InChI=1S/C23H23Cl2F2N3O2/c1-22(2,10-26)9-16-23(13-7-6-11(24)8-15(13)29-21(23)32)17(19(30-16)20(28)31)12-4-3-5-14(25)18(12)27/h3-8,16-17,19,30H,9-10H2,1-2H3,(H2,28,31)(H,29,32). The molecule has 2 aliphatic rings. The van der Waals surface area contributed by atoms with Crippen molar-refractivity contribution in [1.82, 2.24) is 5.32 Å². The average molecular weight is 482 g/mol. The van der Waals surface area contributed by atoms with E-state index in [2.05, 4.69) is 10.6 Å². The first-order chi connectivity index (χ1) is 15.0. The second-order valence-electron chi connectivity index (χ2n) is 9.24. The molecule has 4 N–H and O–H groups in total. The summed E-state index contributed by atoms with van der Waals surface area (Å²) in [5, 5.41) is 6.25. The number of anilines is 1. The van der Waals surface area contributed by atoms with E-state index >= 15 is 4.39 Å². The number of hydrogen-bond acceptors (Lipinski definition) is 3. The second kappa shape index (κ2) is 7.97. The molecule has 2 amide bonds. The Kier molecular flexibility index (Phi) is 5.72. The highest BCUT2D eigenvalue weighted by atomic mass is 35.5. The molecule has 2 aromatic carbocycles. The van der Waals surface area contributed by atoms with Gasteiger partial charge in [-0.2, -0.15) is 0 Å². The van der Waals surface area contributed by atoms with Crippen molar-refractivity contribution in [2.45, 2.75) is 43.7 Å². The molecule has 4 unspecified atom stereocenters. The van der Waals surface area contributed by atoms with Gasteiger partial charge < -0.3 is 16.4 Å². The maximum atomic E-state index is 15.3. The number of primary amides is 1. The van der Waals surface area contributed by atoms with Crippen molar-refractivity contribution < 1.29 is 18.4 Å². The van der Waals surface area contributed by atoms with Crippen molar-refractivity contribution in [3.05, 3.63) is 63.4 Å². The summed E-state index contributed by atoms with van der Waals surface area (Å²) < 4.78 is 29.1. The summed E-state index contributed by atoms with van der Waals surface area (Å²) in [5.41, 5.74) is 4.58. The van der Waals surface area contributed by atoms with E-state index in [1.54, 1.807) is 38.1 Å². The van der Waals surface area contributed by atoms with Crippen LogP contribution in [-0.4, -0.2) is 30.6 Å². The summed E-state index contributed by atoms with van der Waals surface area (Å²) in [6.45, 7) is 2.81. The van der Waals surface area contributed by atoms with Gasteiger partial charge in [-0.05, 0) is 41.2 Å². The lowest BCUT2D eigenvalue weighted by Crippen LogP contribution is -2.50. The fraction of sp³-hybridized carbons (Fsp3) is 0.391. The first-order valence-electron chi connectivity index (χ1n) is 10.2. The Morgan fingerprint density at radius 3 is 2.62 bits per heavy atom. The van der Waals surface area contributed by atoms with Gasteiger partial charge in [-0.1, -0.05) is 55.2 Å². The molecule has 0 aliphatic carbocycles. The molecule has 0 bridgehead atoms. The summed E-state index contributed by atoms with van der Waals surface area (Å²) in [6.07, 6.45) is 0.196. The van der Waals surface area contributed by atoms with Crippen LogP contribution in [0.3, 0.4) is 0 Å². The maximum Gasteiger partial charge on any atom is 0.237 e. The smallest absolute Gasteiger partial charge is 0.237 e. The van der Waals surface area contributed by atoms with E-state index in [0.717, 1.165) is 0 Å². The fourth-order valence-electron chi connectivity index (χ4n) is 5.17. The maximum absolute atomic E-state index is 15.3. The number of nitrogens with two attached hydrogens (primary N) is 1. The topological polar surface area (TPSA) is 84.2 Å². The molecule has 2 heterocycles. The van der Waals surface area contributed by atoms with Gasteiger partial charge in [0.25, 0.3) is 0 Å². The molecule has 2 aromatic rings. The normalized spacial score (nSPS) is 26.9. The molecule has 9 heteroatoms. The molecule has 0 aromatic heterocycles. The van der Waals surface area contributed by atoms with E-state index in [1.807, 2.05) is 0 Å². The van der Waals surface area contributed by atoms with Gasteiger partial charge in [0, 0.05) is 22.7 Å². The Morgan fingerprint density at radius 2 is 1.97 bits per heavy atom. The lowest BCUT2D eigenvalue weighted by atomic mass is 9.62. The summed E-state index contributed by atoms with van der Waals surface area (Å²) >= 11 is 12.2. The zero-order valence-corrected chi connectivity index (χ0v) is 19.0. The van der Waals surface area contributed by atoms with Crippen LogP contribution >= 0.6 is 23.2 Å². The van der Waals surface area contributed by atoms with Crippen molar-refractivity contribution in [3.63, 3.8) is 0 Å². The van der Waals surface area contributed by atoms with Crippen LogP contribution < -0.4 is 16.4 Å². The quantitative estimate of drug-likeness (QED) is 0.594. The van der Waals surface area contributed by atoms with Crippen LogP contribution in [-0.2, 0) is 15.0 Å². The van der Waals surface area contributed by atoms with Crippen LogP contribution in [0.2, 0.25) is 10.0 Å². The molecular weight excluding hydrogens is 459 g/mol. The number of rotatable bonds is 5. The van der Waals surface area contributed by atoms with E-state index in [0.29, 0.717) is 16.3 Å². The molecule has 0 radical (unpaired) electrons. The van der Waals surface area contributed by atoms with Crippen LogP contribution in [0.25, 0.3) is 0 Å². The Hall–Kier alpha value is -2.22. The Labute approximate surface area is 194 Å².